The van der Waals surface area contributed by atoms with E-state index in [0.29, 0.717) is 5.69 Å². The Morgan fingerprint density at radius 3 is 2.73 bits per heavy atom. The third-order valence-corrected chi connectivity index (χ3v) is 2.87. The molecule has 112 valence electrons. The molecule has 7 nitrogen and oxygen atoms in total. The first-order valence-corrected chi connectivity index (χ1v) is 6.13. The highest BCUT2D eigenvalue weighted by Gasteiger charge is 2.15. The van der Waals surface area contributed by atoms with Crippen LogP contribution in [0, 0.1) is 11.6 Å². The summed E-state index contributed by atoms with van der Waals surface area (Å²) >= 11 is 0. The Labute approximate surface area is 122 Å². The summed E-state index contributed by atoms with van der Waals surface area (Å²) < 4.78 is 32.7. The normalized spacial score (nSPS) is 10.7. The van der Waals surface area contributed by atoms with E-state index in [1.807, 2.05) is 0 Å². The molecule has 2 heterocycles. The second-order valence-electron chi connectivity index (χ2n) is 4.34. The van der Waals surface area contributed by atoms with Crippen molar-refractivity contribution in [3.8, 4) is 11.6 Å². The maximum absolute atomic E-state index is 13.1. The Hall–Kier alpha value is -3.10. The van der Waals surface area contributed by atoms with Crippen LogP contribution >= 0.6 is 0 Å². The average molecular weight is 305 g/mol. The predicted molar refractivity (Wildman–Crippen MR) is 70.8 cm³/mol. The first-order chi connectivity index (χ1) is 10.5. The van der Waals surface area contributed by atoms with Gasteiger partial charge in [-0.05, 0) is 24.3 Å². The van der Waals surface area contributed by atoms with Gasteiger partial charge in [-0.2, -0.15) is 5.10 Å². The fourth-order valence-electron chi connectivity index (χ4n) is 1.77. The molecule has 0 saturated carbocycles. The van der Waals surface area contributed by atoms with E-state index in [4.69, 9.17) is 4.42 Å². The molecule has 3 aromatic rings. The lowest BCUT2D eigenvalue weighted by Gasteiger charge is -2.01. The summed E-state index contributed by atoms with van der Waals surface area (Å²) in [6.45, 7) is 0. The van der Waals surface area contributed by atoms with Crippen molar-refractivity contribution in [2.75, 3.05) is 5.32 Å². The number of carbonyl (C=O) groups excluding carboxylic acids is 1. The number of carbonyl (C=O) groups is 1. The second kappa shape index (κ2) is 5.35. The average Bonchev–Trinajstić information content (AvgIpc) is 3.10. The number of hydrogen-bond acceptors (Lipinski definition) is 5. The van der Waals surface area contributed by atoms with E-state index in [-0.39, 0.29) is 17.5 Å². The zero-order valence-electron chi connectivity index (χ0n) is 11.2. The largest absolute Gasteiger partial charge is 0.401 e. The minimum atomic E-state index is -1.12. The van der Waals surface area contributed by atoms with Crippen LogP contribution in [-0.4, -0.2) is 25.9 Å². The number of aromatic nitrogens is 4. The fraction of sp³-hybridized carbons (Fsp3) is 0.0769. The van der Waals surface area contributed by atoms with Gasteiger partial charge in [-0.3, -0.25) is 14.8 Å². The minimum Gasteiger partial charge on any atom is -0.401 e. The minimum absolute atomic E-state index is 0.0702. The summed E-state index contributed by atoms with van der Waals surface area (Å²) in [6.07, 6.45) is 1.55. The number of aryl methyl sites for hydroxylation is 1. The summed E-state index contributed by atoms with van der Waals surface area (Å²) in [6, 6.07) is 4.29. The topological polar surface area (TPSA) is 85.8 Å². The molecule has 0 aliphatic heterocycles. The van der Waals surface area contributed by atoms with E-state index >= 15 is 0 Å². The Bertz CT molecular complexity index is 843. The lowest BCUT2D eigenvalue weighted by atomic mass is 10.2. The summed E-state index contributed by atoms with van der Waals surface area (Å²) in [7, 11) is 1.69. The van der Waals surface area contributed by atoms with Crippen LogP contribution in [0.2, 0.25) is 0 Å². The molecular weight excluding hydrogens is 296 g/mol. The van der Waals surface area contributed by atoms with Crippen molar-refractivity contribution in [1.82, 2.24) is 20.0 Å². The van der Waals surface area contributed by atoms with Crippen molar-refractivity contribution < 1.29 is 18.0 Å². The highest BCUT2D eigenvalue weighted by Crippen LogP contribution is 2.19. The Balaban J connectivity index is 1.79. The number of amides is 1. The molecule has 0 aliphatic carbocycles. The summed E-state index contributed by atoms with van der Waals surface area (Å²) in [5.41, 5.74) is 0.500. The van der Waals surface area contributed by atoms with E-state index in [0.717, 1.165) is 18.2 Å². The van der Waals surface area contributed by atoms with Gasteiger partial charge in [0.2, 0.25) is 0 Å². The van der Waals surface area contributed by atoms with Crippen molar-refractivity contribution >= 4 is 11.9 Å². The monoisotopic (exact) mass is 305 g/mol. The van der Waals surface area contributed by atoms with Crippen molar-refractivity contribution in [2.24, 2.45) is 7.05 Å². The van der Waals surface area contributed by atoms with Gasteiger partial charge in [0.15, 0.2) is 11.6 Å². The number of benzene rings is 1. The molecule has 1 N–H and O–H groups in total. The van der Waals surface area contributed by atoms with E-state index in [9.17, 15) is 13.6 Å². The predicted octanol–water partition coefficient (Wildman–Crippen LogP) is 2.00. The van der Waals surface area contributed by atoms with Gasteiger partial charge in [-0.25, -0.2) is 8.78 Å². The molecule has 0 unspecified atom stereocenters. The molecule has 1 aromatic carbocycles. The van der Waals surface area contributed by atoms with Crippen LogP contribution in [0.4, 0.5) is 14.8 Å². The maximum atomic E-state index is 13.1. The molecule has 9 heteroatoms. The number of rotatable bonds is 3. The van der Waals surface area contributed by atoms with Gasteiger partial charge in [-0.1, -0.05) is 5.10 Å². The molecule has 0 saturated heterocycles. The third kappa shape index (κ3) is 2.55. The molecule has 3 rings (SSSR count). The molecule has 0 atom stereocenters. The Morgan fingerprint density at radius 1 is 1.23 bits per heavy atom. The van der Waals surface area contributed by atoms with Crippen LogP contribution in [0.3, 0.4) is 0 Å². The van der Waals surface area contributed by atoms with Crippen LogP contribution in [0.15, 0.2) is 34.9 Å². The molecular formula is C13H9F2N5O2. The van der Waals surface area contributed by atoms with E-state index in [1.54, 1.807) is 19.3 Å². The van der Waals surface area contributed by atoms with Crippen molar-refractivity contribution in [1.29, 1.82) is 0 Å². The van der Waals surface area contributed by atoms with E-state index in [1.165, 1.54) is 4.68 Å². The highest BCUT2D eigenvalue weighted by atomic mass is 19.2. The standard InChI is InChI=1S/C13H9F2N5O2/c1-20-10(4-5-16-20)12-18-19-13(22-12)17-11(21)7-2-3-8(14)9(15)6-7/h2-6H,1H3,(H,17,19,21). The molecule has 0 bridgehead atoms. The summed E-state index contributed by atoms with van der Waals surface area (Å²) in [5, 5.41) is 13.7. The fourth-order valence-corrected chi connectivity index (χ4v) is 1.77. The lowest BCUT2D eigenvalue weighted by Crippen LogP contribution is -2.12. The van der Waals surface area contributed by atoms with Gasteiger partial charge >= 0.3 is 6.01 Å². The number of anilines is 1. The zero-order valence-corrected chi connectivity index (χ0v) is 11.2. The Morgan fingerprint density at radius 2 is 2.05 bits per heavy atom. The van der Waals surface area contributed by atoms with Crippen LogP contribution in [0.5, 0.6) is 0 Å². The number of nitrogens with one attached hydrogen (secondary N) is 1. The quantitative estimate of drug-likeness (QED) is 0.800. The lowest BCUT2D eigenvalue weighted by molar-refractivity contribution is 0.102. The molecule has 0 spiro atoms. The van der Waals surface area contributed by atoms with Crippen LogP contribution in [-0.2, 0) is 7.05 Å². The maximum Gasteiger partial charge on any atom is 0.322 e. The zero-order chi connectivity index (χ0) is 15.7. The number of halogens is 2. The molecule has 1 amide bonds. The van der Waals surface area contributed by atoms with Crippen molar-refractivity contribution in [3.05, 3.63) is 47.7 Å². The van der Waals surface area contributed by atoms with Gasteiger partial charge < -0.3 is 4.42 Å². The van der Waals surface area contributed by atoms with Gasteiger partial charge in [-0.15, -0.1) is 5.10 Å². The molecule has 0 fully saturated rings. The molecule has 2 aromatic heterocycles. The summed E-state index contributed by atoms with van der Waals surface area (Å²) in [5.74, 6) is -2.68. The van der Waals surface area contributed by atoms with Crippen LogP contribution in [0.1, 0.15) is 10.4 Å². The number of hydrogen-bond donors (Lipinski definition) is 1. The van der Waals surface area contributed by atoms with E-state index < -0.39 is 17.5 Å². The molecule has 22 heavy (non-hydrogen) atoms. The first-order valence-electron chi connectivity index (χ1n) is 6.13. The SMILES string of the molecule is Cn1nccc1-c1nnc(NC(=O)c2ccc(F)c(F)c2)o1. The molecule has 0 radical (unpaired) electrons. The number of nitrogens with zero attached hydrogens (tertiary/aromatic N) is 4. The van der Waals surface area contributed by atoms with E-state index in [2.05, 4.69) is 20.6 Å². The smallest absolute Gasteiger partial charge is 0.322 e. The highest BCUT2D eigenvalue weighted by molar-refractivity contribution is 6.03. The van der Waals surface area contributed by atoms with Crippen molar-refractivity contribution in [3.63, 3.8) is 0 Å². The Kier molecular flexibility index (Phi) is 3.37. The van der Waals surface area contributed by atoms with Crippen LogP contribution < -0.4 is 5.32 Å². The molecule has 0 aliphatic rings. The first kappa shape index (κ1) is 13.9. The van der Waals surface area contributed by atoms with Crippen molar-refractivity contribution in [2.45, 2.75) is 0 Å². The van der Waals surface area contributed by atoms with Gasteiger partial charge in [0, 0.05) is 18.8 Å². The second-order valence-corrected chi connectivity index (χ2v) is 4.34. The van der Waals surface area contributed by atoms with Gasteiger partial charge in [0.05, 0.1) is 0 Å². The third-order valence-electron chi connectivity index (χ3n) is 2.87. The van der Waals surface area contributed by atoms with Crippen LogP contribution in [0.25, 0.3) is 11.6 Å². The van der Waals surface area contributed by atoms with Gasteiger partial charge in [0.25, 0.3) is 11.8 Å². The van der Waals surface area contributed by atoms with Gasteiger partial charge in [0.1, 0.15) is 5.69 Å². The summed E-state index contributed by atoms with van der Waals surface area (Å²) in [4.78, 5) is 11.9.